The molecule has 0 saturated carbocycles. The van der Waals surface area contributed by atoms with Crippen LogP contribution in [0.15, 0.2) is 22.7 Å². The van der Waals surface area contributed by atoms with Crippen molar-refractivity contribution in [3.05, 3.63) is 22.7 Å². The molecule has 112 valence electrons. The summed E-state index contributed by atoms with van der Waals surface area (Å²) in [5, 5.41) is 0. The third kappa shape index (κ3) is 5.42. The molecule has 0 aliphatic carbocycles. The molecule has 0 fully saturated rings. The molecule has 1 heteroatoms. The Kier molecular flexibility index (Phi) is 7.47. The smallest absolute Gasteiger partial charge is 0.105 e. The number of allylic oxidation sites excluding steroid dienone is 4. The summed E-state index contributed by atoms with van der Waals surface area (Å²) in [4.78, 5) is 0. The minimum absolute atomic E-state index is 0.427. The van der Waals surface area contributed by atoms with Crippen molar-refractivity contribution in [2.45, 2.75) is 69.2 Å². The zero-order chi connectivity index (χ0) is 15.3. The third-order valence-electron chi connectivity index (χ3n) is 3.78. The van der Waals surface area contributed by atoms with Crippen LogP contribution < -0.4 is 0 Å². The molecule has 0 atom stereocenters. The van der Waals surface area contributed by atoms with E-state index in [4.69, 9.17) is 4.74 Å². The lowest BCUT2D eigenvalue weighted by molar-refractivity contribution is 0.220. The average molecular weight is 266 g/mol. The van der Waals surface area contributed by atoms with E-state index in [2.05, 4.69) is 69.2 Å². The van der Waals surface area contributed by atoms with Gasteiger partial charge >= 0.3 is 0 Å². The molecule has 0 aromatic carbocycles. The van der Waals surface area contributed by atoms with Crippen LogP contribution in [0.5, 0.6) is 0 Å². The first kappa shape index (κ1) is 18.3. The van der Waals surface area contributed by atoms with Crippen molar-refractivity contribution in [1.29, 1.82) is 0 Å². The fourth-order valence-electron chi connectivity index (χ4n) is 1.99. The Bertz CT molecular complexity index is 307. The first-order chi connectivity index (χ1) is 8.59. The number of hydrogen-bond donors (Lipinski definition) is 0. The van der Waals surface area contributed by atoms with Gasteiger partial charge in [-0.15, -0.1) is 0 Å². The van der Waals surface area contributed by atoms with E-state index in [0.717, 1.165) is 11.5 Å². The van der Waals surface area contributed by atoms with Gasteiger partial charge < -0.3 is 4.74 Å². The van der Waals surface area contributed by atoms with E-state index in [0.29, 0.717) is 23.7 Å². The second-order valence-electron chi connectivity index (χ2n) is 6.82. The predicted molar refractivity (Wildman–Crippen MR) is 85.8 cm³/mol. The molecule has 0 spiro atoms. The summed E-state index contributed by atoms with van der Waals surface area (Å²) in [5.74, 6) is 4.22. The molecule has 0 N–H and O–H groups in total. The van der Waals surface area contributed by atoms with Crippen LogP contribution in [0.25, 0.3) is 0 Å². The lowest BCUT2D eigenvalue weighted by Gasteiger charge is -2.25. The maximum absolute atomic E-state index is 6.38. The van der Waals surface area contributed by atoms with Crippen LogP contribution in [0.1, 0.15) is 69.2 Å². The zero-order valence-electron chi connectivity index (χ0n) is 14.7. The van der Waals surface area contributed by atoms with Crippen molar-refractivity contribution < 1.29 is 4.74 Å². The van der Waals surface area contributed by atoms with Crippen LogP contribution in [0, 0.1) is 23.7 Å². The van der Waals surface area contributed by atoms with Gasteiger partial charge in [0.15, 0.2) is 0 Å². The maximum atomic E-state index is 6.38. The van der Waals surface area contributed by atoms with Gasteiger partial charge in [0.1, 0.15) is 11.5 Å². The van der Waals surface area contributed by atoms with Crippen LogP contribution in [0.3, 0.4) is 0 Å². The monoisotopic (exact) mass is 266 g/mol. The van der Waals surface area contributed by atoms with Gasteiger partial charge in [0.05, 0.1) is 0 Å². The Morgan fingerprint density at radius 2 is 0.789 bits per heavy atom. The molecule has 0 aromatic heterocycles. The van der Waals surface area contributed by atoms with Gasteiger partial charge in [0, 0.05) is 11.8 Å². The van der Waals surface area contributed by atoms with E-state index >= 15 is 0 Å². The second kappa shape index (κ2) is 7.77. The van der Waals surface area contributed by atoms with Crippen molar-refractivity contribution in [1.82, 2.24) is 0 Å². The van der Waals surface area contributed by atoms with E-state index in [1.165, 1.54) is 11.1 Å². The first-order valence-electron chi connectivity index (χ1n) is 7.68. The summed E-state index contributed by atoms with van der Waals surface area (Å²) in [6, 6.07) is 0. The van der Waals surface area contributed by atoms with E-state index in [9.17, 15) is 0 Å². The van der Waals surface area contributed by atoms with E-state index in [1.807, 2.05) is 0 Å². The molecule has 0 saturated heterocycles. The van der Waals surface area contributed by atoms with Crippen molar-refractivity contribution in [3.8, 4) is 0 Å². The molecule has 0 radical (unpaired) electrons. The molecular weight excluding hydrogens is 232 g/mol. The summed E-state index contributed by atoms with van der Waals surface area (Å²) in [5.41, 5.74) is 2.73. The molecule has 0 aliphatic rings. The molecule has 19 heavy (non-hydrogen) atoms. The highest BCUT2D eigenvalue weighted by molar-refractivity contribution is 5.17. The lowest BCUT2D eigenvalue weighted by Crippen LogP contribution is -2.12. The summed E-state index contributed by atoms with van der Waals surface area (Å²) in [6.45, 7) is 22.2. The average Bonchev–Trinajstić information content (AvgIpc) is 2.27. The maximum Gasteiger partial charge on any atom is 0.105 e. The van der Waals surface area contributed by atoms with Crippen LogP contribution in [-0.2, 0) is 4.74 Å². The molecule has 0 bridgehead atoms. The Labute approximate surface area is 121 Å². The molecule has 0 rings (SSSR count). The molecule has 0 heterocycles. The highest BCUT2D eigenvalue weighted by Crippen LogP contribution is 2.30. The molecule has 0 amide bonds. The largest absolute Gasteiger partial charge is 0.466 e. The Hall–Kier alpha value is -0.720. The van der Waals surface area contributed by atoms with Crippen molar-refractivity contribution in [3.63, 3.8) is 0 Å². The summed E-state index contributed by atoms with van der Waals surface area (Å²) < 4.78 is 6.38. The Morgan fingerprint density at radius 1 is 0.526 bits per heavy atom. The lowest BCUT2D eigenvalue weighted by atomic mass is 9.96. The molecule has 0 aromatic rings. The number of rotatable bonds is 6. The van der Waals surface area contributed by atoms with Crippen molar-refractivity contribution >= 4 is 0 Å². The van der Waals surface area contributed by atoms with Gasteiger partial charge in [-0.05, 0) is 36.8 Å². The topological polar surface area (TPSA) is 9.23 Å². The molecule has 0 aliphatic heterocycles. The Morgan fingerprint density at radius 3 is 0.947 bits per heavy atom. The van der Waals surface area contributed by atoms with Crippen molar-refractivity contribution in [2.75, 3.05) is 0 Å². The molecule has 0 unspecified atom stereocenters. The number of ether oxygens (including phenoxy) is 1. The third-order valence-corrected chi connectivity index (χ3v) is 3.78. The zero-order valence-corrected chi connectivity index (χ0v) is 14.7. The van der Waals surface area contributed by atoms with Gasteiger partial charge in [-0.25, -0.2) is 0 Å². The van der Waals surface area contributed by atoms with Gasteiger partial charge in [-0.3, -0.25) is 0 Å². The summed E-state index contributed by atoms with van der Waals surface area (Å²) >= 11 is 0. The number of hydrogen-bond acceptors (Lipinski definition) is 1. The highest BCUT2D eigenvalue weighted by Gasteiger charge is 2.18. The van der Waals surface area contributed by atoms with Gasteiger partial charge in [-0.2, -0.15) is 0 Å². The quantitative estimate of drug-likeness (QED) is 0.522. The SMILES string of the molecule is C/C(=C(/O/C(=C(/C)C(C)C)C(C)C)C(C)C)C(C)C. The normalized spacial score (nSPS) is 15.3. The first-order valence-corrected chi connectivity index (χ1v) is 7.68. The fraction of sp³-hybridized carbons (Fsp3) is 0.778. The minimum atomic E-state index is 0.427. The molecular formula is C18H34O. The van der Waals surface area contributed by atoms with E-state index in [1.54, 1.807) is 0 Å². The van der Waals surface area contributed by atoms with Crippen molar-refractivity contribution in [2.24, 2.45) is 23.7 Å². The van der Waals surface area contributed by atoms with Gasteiger partial charge in [0.2, 0.25) is 0 Å². The minimum Gasteiger partial charge on any atom is -0.466 e. The van der Waals surface area contributed by atoms with Gasteiger partial charge in [0.25, 0.3) is 0 Å². The van der Waals surface area contributed by atoms with Crippen LogP contribution >= 0.6 is 0 Å². The Balaban J connectivity index is 5.56. The molecule has 1 nitrogen and oxygen atoms in total. The van der Waals surface area contributed by atoms with E-state index in [-0.39, 0.29) is 0 Å². The standard InChI is InChI=1S/C18H34O/c1-11(2)15(9)17(13(5)6)19-18(14(7)8)16(10)12(3)4/h11-14H,1-10H3/b17-15-,18-16-. The van der Waals surface area contributed by atoms with Crippen LogP contribution in [0.2, 0.25) is 0 Å². The van der Waals surface area contributed by atoms with E-state index < -0.39 is 0 Å². The van der Waals surface area contributed by atoms with Crippen LogP contribution in [-0.4, -0.2) is 0 Å². The highest BCUT2D eigenvalue weighted by atomic mass is 16.5. The second-order valence-corrected chi connectivity index (χ2v) is 6.82. The predicted octanol–water partition coefficient (Wildman–Crippen LogP) is 6.18. The van der Waals surface area contributed by atoms with Crippen LogP contribution in [0.4, 0.5) is 0 Å². The summed E-state index contributed by atoms with van der Waals surface area (Å²) in [6.07, 6.45) is 0. The fourth-order valence-corrected chi connectivity index (χ4v) is 1.99. The van der Waals surface area contributed by atoms with Gasteiger partial charge in [-0.1, -0.05) is 55.4 Å². The summed E-state index contributed by atoms with van der Waals surface area (Å²) in [7, 11) is 0.